The summed E-state index contributed by atoms with van der Waals surface area (Å²) >= 11 is 0. The molecule has 3 aromatic rings. The number of aromatic carboxylic acids is 1. The fourth-order valence-electron chi connectivity index (χ4n) is 3.25. The van der Waals surface area contributed by atoms with E-state index < -0.39 is 5.97 Å². The van der Waals surface area contributed by atoms with E-state index in [0.717, 1.165) is 16.8 Å². The van der Waals surface area contributed by atoms with Gasteiger partial charge in [0, 0.05) is 23.5 Å². The summed E-state index contributed by atoms with van der Waals surface area (Å²) in [7, 11) is 0. The zero-order valence-corrected chi connectivity index (χ0v) is 14.2. The highest BCUT2D eigenvalue weighted by Gasteiger charge is 2.23. The van der Waals surface area contributed by atoms with Crippen molar-refractivity contribution in [2.75, 3.05) is 0 Å². The van der Waals surface area contributed by atoms with Gasteiger partial charge < -0.3 is 9.67 Å². The average molecular weight is 330 g/mol. The number of carboxylic acid groups (broad SMARTS) is 1. The van der Waals surface area contributed by atoms with Crippen LogP contribution in [0.1, 0.15) is 32.9 Å². The van der Waals surface area contributed by atoms with Gasteiger partial charge in [-0.05, 0) is 37.1 Å². The Morgan fingerprint density at radius 3 is 2.44 bits per heavy atom. The van der Waals surface area contributed by atoms with Gasteiger partial charge in [-0.1, -0.05) is 42.5 Å². The Morgan fingerprint density at radius 1 is 1.08 bits per heavy atom. The molecule has 0 spiro atoms. The van der Waals surface area contributed by atoms with Crippen molar-refractivity contribution >= 4 is 5.97 Å². The van der Waals surface area contributed by atoms with Gasteiger partial charge in [0.15, 0.2) is 0 Å². The van der Waals surface area contributed by atoms with Crippen molar-refractivity contribution in [1.29, 1.82) is 5.26 Å². The van der Waals surface area contributed by atoms with Crippen LogP contribution >= 0.6 is 0 Å². The first-order valence-electron chi connectivity index (χ1n) is 8.00. The Bertz CT molecular complexity index is 979. The highest BCUT2D eigenvalue weighted by molar-refractivity contribution is 5.98. The summed E-state index contributed by atoms with van der Waals surface area (Å²) in [5.41, 5.74) is 4.95. The molecule has 0 atom stereocenters. The summed E-state index contributed by atoms with van der Waals surface area (Å²) in [5, 5.41) is 18.9. The van der Waals surface area contributed by atoms with Gasteiger partial charge in [-0.3, -0.25) is 0 Å². The van der Waals surface area contributed by atoms with Crippen molar-refractivity contribution in [2.24, 2.45) is 0 Å². The van der Waals surface area contributed by atoms with Crippen LogP contribution in [-0.4, -0.2) is 15.6 Å². The first kappa shape index (κ1) is 16.5. The number of carbonyl (C=O) groups is 1. The first-order chi connectivity index (χ1) is 12.0. The summed E-state index contributed by atoms with van der Waals surface area (Å²) < 4.78 is 2.02. The van der Waals surface area contributed by atoms with Gasteiger partial charge in [0.25, 0.3) is 0 Å². The quantitative estimate of drug-likeness (QED) is 0.771. The molecule has 0 saturated carbocycles. The molecule has 2 aromatic carbocycles. The van der Waals surface area contributed by atoms with E-state index in [9.17, 15) is 9.90 Å². The molecule has 25 heavy (non-hydrogen) atoms. The molecule has 0 fully saturated rings. The minimum absolute atomic E-state index is 0.295. The number of rotatable bonds is 4. The van der Waals surface area contributed by atoms with E-state index in [2.05, 4.69) is 6.07 Å². The highest BCUT2D eigenvalue weighted by Crippen LogP contribution is 2.33. The zero-order chi connectivity index (χ0) is 18.0. The second-order valence-corrected chi connectivity index (χ2v) is 5.99. The van der Waals surface area contributed by atoms with E-state index >= 15 is 0 Å². The van der Waals surface area contributed by atoms with Crippen molar-refractivity contribution in [2.45, 2.75) is 20.4 Å². The molecule has 1 aromatic heterocycles. The van der Waals surface area contributed by atoms with Gasteiger partial charge >= 0.3 is 5.97 Å². The van der Waals surface area contributed by atoms with Gasteiger partial charge in [0.1, 0.15) is 0 Å². The van der Waals surface area contributed by atoms with Gasteiger partial charge in [-0.2, -0.15) is 5.26 Å². The normalized spacial score (nSPS) is 10.4. The molecule has 0 saturated heterocycles. The molecule has 0 radical (unpaired) electrons. The van der Waals surface area contributed by atoms with Crippen LogP contribution in [-0.2, 0) is 6.54 Å². The van der Waals surface area contributed by atoms with Gasteiger partial charge in [-0.25, -0.2) is 4.79 Å². The third-order valence-corrected chi connectivity index (χ3v) is 4.46. The first-order valence-corrected chi connectivity index (χ1v) is 8.00. The lowest BCUT2D eigenvalue weighted by molar-refractivity contribution is 0.0697. The van der Waals surface area contributed by atoms with E-state index in [1.165, 1.54) is 0 Å². The summed E-state index contributed by atoms with van der Waals surface area (Å²) in [6.45, 7) is 4.37. The van der Waals surface area contributed by atoms with E-state index in [1.807, 2.05) is 54.8 Å². The van der Waals surface area contributed by atoms with Crippen LogP contribution in [0.25, 0.3) is 11.1 Å². The zero-order valence-electron chi connectivity index (χ0n) is 14.2. The predicted molar refractivity (Wildman–Crippen MR) is 96.6 cm³/mol. The maximum Gasteiger partial charge on any atom is 0.338 e. The lowest BCUT2D eigenvalue weighted by atomic mass is 9.99. The van der Waals surface area contributed by atoms with Crippen LogP contribution in [0, 0.1) is 25.2 Å². The second-order valence-electron chi connectivity index (χ2n) is 5.99. The monoisotopic (exact) mass is 330 g/mol. The fraction of sp³-hybridized carbons (Fsp3) is 0.143. The predicted octanol–water partition coefficient (Wildman–Crippen LogP) is 4.39. The number of hydrogen-bond donors (Lipinski definition) is 1. The Hall–Kier alpha value is -3.32. The third-order valence-electron chi connectivity index (χ3n) is 4.46. The topological polar surface area (TPSA) is 66.0 Å². The van der Waals surface area contributed by atoms with Gasteiger partial charge in [-0.15, -0.1) is 0 Å². The molecule has 3 rings (SSSR count). The van der Waals surface area contributed by atoms with Crippen molar-refractivity contribution in [3.63, 3.8) is 0 Å². The van der Waals surface area contributed by atoms with E-state index in [-0.39, 0.29) is 0 Å². The fourth-order valence-corrected chi connectivity index (χ4v) is 3.25. The number of nitriles is 1. The lowest BCUT2D eigenvalue weighted by Crippen LogP contribution is -2.05. The number of nitrogens with zero attached hydrogens (tertiary/aromatic N) is 2. The van der Waals surface area contributed by atoms with Crippen LogP contribution in [0.15, 0.2) is 54.6 Å². The van der Waals surface area contributed by atoms with Crippen molar-refractivity contribution < 1.29 is 9.90 Å². The van der Waals surface area contributed by atoms with Crippen LogP contribution in [0.5, 0.6) is 0 Å². The second kappa shape index (κ2) is 6.66. The largest absolute Gasteiger partial charge is 0.478 e. The van der Waals surface area contributed by atoms with E-state index in [4.69, 9.17) is 5.26 Å². The smallest absolute Gasteiger partial charge is 0.338 e. The molecule has 0 bridgehead atoms. The number of hydrogen-bond acceptors (Lipinski definition) is 2. The lowest BCUT2D eigenvalue weighted by Gasteiger charge is -2.10. The molecule has 4 heteroatoms. The highest BCUT2D eigenvalue weighted by atomic mass is 16.4. The van der Waals surface area contributed by atoms with Crippen LogP contribution in [0.4, 0.5) is 0 Å². The molecule has 4 nitrogen and oxygen atoms in total. The van der Waals surface area contributed by atoms with Gasteiger partial charge in [0.05, 0.1) is 17.2 Å². The Balaban J connectivity index is 2.20. The third kappa shape index (κ3) is 3.05. The average Bonchev–Trinajstić information content (AvgIpc) is 2.87. The SMILES string of the molecule is Cc1c(C(=O)O)c(-c2cccc(C#N)c2)c(C)n1Cc1ccccc1. The molecular formula is C21H18N2O2. The number of carboxylic acids is 1. The summed E-state index contributed by atoms with van der Waals surface area (Å²) in [4.78, 5) is 11.9. The standard InChI is InChI=1S/C21H18N2O2/c1-14-19(18-10-6-9-17(11-18)12-22)20(21(24)25)15(2)23(14)13-16-7-4-3-5-8-16/h3-11H,13H2,1-2H3,(H,24,25). The Kier molecular flexibility index (Phi) is 4.40. The van der Waals surface area contributed by atoms with Crippen molar-refractivity contribution in [1.82, 2.24) is 4.57 Å². The molecule has 0 aliphatic heterocycles. The van der Waals surface area contributed by atoms with Crippen LogP contribution in [0.3, 0.4) is 0 Å². The van der Waals surface area contributed by atoms with Crippen LogP contribution < -0.4 is 0 Å². The number of aromatic nitrogens is 1. The van der Waals surface area contributed by atoms with Crippen LogP contribution in [0.2, 0.25) is 0 Å². The molecule has 1 N–H and O–H groups in total. The molecule has 0 aliphatic carbocycles. The summed E-state index contributed by atoms with van der Waals surface area (Å²) in [5.74, 6) is -0.954. The number of benzene rings is 2. The molecular weight excluding hydrogens is 312 g/mol. The molecule has 0 unspecified atom stereocenters. The Morgan fingerprint density at radius 2 is 1.80 bits per heavy atom. The molecule has 0 amide bonds. The minimum Gasteiger partial charge on any atom is -0.478 e. The maximum atomic E-state index is 11.9. The minimum atomic E-state index is -0.954. The summed E-state index contributed by atoms with van der Waals surface area (Å²) in [6, 6.07) is 19.1. The Labute approximate surface area is 146 Å². The molecule has 0 aliphatic rings. The van der Waals surface area contributed by atoms with Gasteiger partial charge in [0.2, 0.25) is 0 Å². The molecule has 1 heterocycles. The van der Waals surface area contributed by atoms with E-state index in [1.54, 1.807) is 18.2 Å². The maximum absolute atomic E-state index is 11.9. The van der Waals surface area contributed by atoms with Crippen molar-refractivity contribution in [3.05, 3.63) is 82.7 Å². The van der Waals surface area contributed by atoms with Crippen molar-refractivity contribution in [3.8, 4) is 17.2 Å². The van der Waals surface area contributed by atoms with E-state index in [0.29, 0.717) is 28.9 Å². The summed E-state index contributed by atoms with van der Waals surface area (Å²) in [6.07, 6.45) is 0. The molecule has 124 valence electrons.